The average Bonchev–Trinajstić information content (AvgIpc) is 3.28. The van der Waals surface area contributed by atoms with E-state index in [0.717, 1.165) is 11.3 Å². The highest BCUT2D eigenvalue weighted by Crippen LogP contribution is 2.35. The van der Waals surface area contributed by atoms with E-state index < -0.39 is 0 Å². The summed E-state index contributed by atoms with van der Waals surface area (Å²) in [6.45, 7) is 6.28. The van der Waals surface area contributed by atoms with Gasteiger partial charge in [-0.25, -0.2) is 15.0 Å². The van der Waals surface area contributed by atoms with E-state index in [0.29, 0.717) is 39.2 Å². The first kappa shape index (κ1) is 23.4. The lowest BCUT2D eigenvalue weighted by Gasteiger charge is -2.14. The molecule has 176 valence electrons. The molecule has 2 heterocycles. The van der Waals surface area contributed by atoms with Crippen LogP contribution < -0.4 is 19.5 Å². The van der Waals surface area contributed by atoms with Crippen molar-refractivity contribution in [1.29, 1.82) is 0 Å². The van der Waals surface area contributed by atoms with E-state index in [9.17, 15) is 4.79 Å². The predicted molar refractivity (Wildman–Crippen MR) is 132 cm³/mol. The molecule has 0 saturated carbocycles. The monoisotopic (exact) mass is 478 g/mol. The molecule has 9 heteroatoms. The third-order valence-corrected chi connectivity index (χ3v) is 5.88. The summed E-state index contributed by atoms with van der Waals surface area (Å²) in [6, 6.07) is 10.9. The van der Waals surface area contributed by atoms with Gasteiger partial charge in [0.05, 0.1) is 37.2 Å². The van der Waals surface area contributed by atoms with Gasteiger partial charge in [0.25, 0.3) is 0 Å². The van der Waals surface area contributed by atoms with E-state index in [1.807, 2.05) is 17.5 Å². The van der Waals surface area contributed by atoms with Crippen molar-refractivity contribution in [2.75, 3.05) is 19.5 Å². The molecular formula is C25H26N4O4S. The van der Waals surface area contributed by atoms with Crippen LogP contribution in [-0.2, 0) is 16.6 Å². The number of nitrogens with one attached hydrogen (secondary N) is 1. The number of aromatic nitrogens is 3. The second-order valence-electron chi connectivity index (χ2n) is 8.66. The van der Waals surface area contributed by atoms with Gasteiger partial charge in [0, 0.05) is 16.9 Å². The smallest absolute Gasteiger partial charge is 0.230 e. The van der Waals surface area contributed by atoms with Crippen LogP contribution in [0.25, 0.3) is 10.9 Å². The van der Waals surface area contributed by atoms with Crippen molar-refractivity contribution in [3.8, 4) is 23.1 Å². The molecule has 0 fully saturated rings. The van der Waals surface area contributed by atoms with Gasteiger partial charge in [-0.05, 0) is 23.8 Å². The number of fused-ring (bicyclic) bond motifs is 1. The molecule has 0 unspecified atom stereocenters. The molecule has 1 amide bonds. The van der Waals surface area contributed by atoms with Crippen molar-refractivity contribution in [2.24, 2.45) is 0 Å². The normalized spacial score (nSPS) is 11.3. The summed E-state index contributed by atoms with van der Waals surface area (Å²) in [6.07, 6.45) is 1.67. The van der Waals surface area contributed by atoms with E-state index >= 15 is 0 Å². The number of amides is 1. The number of benzene rings is 2. The highest BCUT2D eigenvalue weighted by Gasteiger charge is 2.18. The van der Waals surface area contributed by atoms with E-state index in [4.69, 9.17) is 14.2 Å². The summed E-state index contributed by atoms with van der Waals surface area (Å²) in [5, 5.41) is 6.16. The number of carbonyl (C=O) groups is 1. The topological polar surface area (TPSA) is 95.5 Å². The number of anilines is 1. The minimum absolute atomic E-state index is 0.0541. The Bertz CT molecular complexity index is 1310. The van der Waals surface area contributed by atoms with Gasteiger partial charge in [0.1, 0.15) is 12.1 Å². The fourth-order valence-corrected chi connectivity index (χ4v) is 4.21. The molecule has 2 aromatic heterocycles. The zero-order valence-electron chi connectivity index (χ0n) is 19.7. The maximum atomic E-state index is 12.5. The number of ether oxygens (including phenoxy) is 3. The Morgan fingerprint density at radius 2 is 1.74 bits per heavy atom. The van der Waals surface area contributed by atoms with Crippen LogP contribution in [0.15, 0.2) is 48.1 Å². The Morgan fingerprint density at radius 3 is 2.38 bits per heavy atom. The van der Waals surface area contributed by atoms with E-state index in [2.05, 4.69) is 41.0 Å². The first-order valence-corrected chi connectivity index (χ1v) is 11.5. The van der Waals surface area contributed by atoms with Crippen LogP contribution in [0.2, 0.25) is 0 Å². The third-order valence-electron chi connectivity index (χ3n) is 5.13. The van der Waals surface area contributed by atoms with Gasteiger partial charge < -0.3 is 19.5 Å². The molecular weight excluding hydrogens is 452 g/mol. The summed E-state index contributed by atoms with van der Waals surface area (Å²) >= 11 is 1.43. The van der Waals surface area contributed by atoms with E-state index in [-0.39, 0.29) is 17.7 Å². The molecule has 0 aliphatic heterocycles. The largest absolute Gasteiger partial charge is 0.493 e. The maximum absolute atomic E-state index is 12.5. The van der Waals surface area contributed by atoms with Gasteiger partial charge in [-0.1, -0.05) is 32.9 Å². The Hall–Kier alpha value is -3.72. The number of hydrogen-bond donors (Lipinski definition) is 1. The standard InChI is InChI=1S/C25H26N4O4S/c1-25(2,3)21-13-34-24(28-21)29-22(30)10-15-6-8-16(9-7-15)33-23-17-11-19(31-4)20(32-5)12-18(17)26-14-27-23/h6-9,11-14H,10H2,1-5H3,(H,28,29,30). The number of rotatable bonds is 7. The molecule has 0 spiro atoms. The molecule has 4 aromatic rings. The Morgan fingerprint density at radius 1 is 1.03 bits per heavy atom. The fraction of sp³-hybridized carbons (Fsp3) is 0.280. The molecule has 0 aliphatic rings. The minimum Gasteiger partial charge on any atom is -0.493 e. The van der Waals surface area contributed by atoms with Crippen LogP contribution >= 0.6 is 11.3 Å². The lowest BCUT2D eigenvalue weighted by atomic mass is 9.93. The quantitative estimate of drug-likeness (QED) is 0.381. The van der Waals surface area contributed by atoms with Crippen LogP contribution in [0.4, 0.5) is 5.13 Å². The number of hydrogen-bond acceptors (Lipinski definition) is 8. The van der Waals surface area contributed by atoms with E-state index in [1.165, 1.54) is 17.7 Å². The lowest BCUT2D eigenvalue weighted by Crippen LogP contribution is -2.15. The lowest BCUT2D eigenvalue weighted by molar-refractivity contribution is -0.115. The first-order chi connectivity index (χ1) is 16.3. The van der Waals surface area contributed by atoms with Crippen LogP contribution in [0.5, 0.6) is 23.1 Å². The summed E-state index contributed by atoms with van der Waals surface area (Å²) < 4.78 is 16.7. The minimum atomic E-state index is -0.119. The van der Waals surface area contributed by atoms with Gasteiger partial charge >= 0.3 is 0 Å². The van der Waals surface area contributed by atoms with E-state index in [1.54, 1.807) is 38.5 Å². The zero-order chi connectivity index (χ0) is 24.3. The van der Waals surface area contributed by atoms with Crippen LogP contribution in [-0.4, -0.2) is 35.1 Å². The summed E-state index contributed by atoms with van der Waals surface area (Å²) in [5.41, 5.74) is 2.44. The second-order valence-corrected chi connectivity index (χ2v) is 9.52. The van der Waals surface area contributed by atoms with Gasteiger partial charge in [0.2, 0.25) is 11.8 Å². The van der Waals surface area contributed by atoms with Gasteiger partial charge in [-0.2, -0.15) is 0 Å². The Balaban J connectivity index is 1.44. The zero-order valence-corrected chi connectivity index (χ0v) is 20.5. The van der Waals surface area contributed by atoms with Gasteiger partial charge in [-0.15, -0.1) is 11.3 Å². The molecule has 0 bridgehead atoms. The molecule has 0 radical (unpaired) electrons. The van der Waals surface area contributed by atoms with Crippen LogP contribution in [0, 0.1) is 0 Å². The molecule has 8 nitrogen and oxygen atoms in total. The van der Waals surface area contributed by atoms with Crippen LogP contribution in [0.1, 0.15) is 32.0 Å². The van der Waals surface area contributed by atoms with Gasteiger partial charge in [-0.3, -0.25) is 4.79 Å². The highest BCUT2D eigenvalue weighted by atomic mass is 32.1. The maximum Gasteiger partial charge on any atom is 0.230 e. The fourth-order valence-electron chi connectivity index (χ4n) is 3.25. The second kappa shape index (κ2) is 9.64. The summed E-state index contributed by atoms with van der Waals surface area (Å²) in [4.78, 5) is 25.5. The number of methoxy groups -OCH3 is 2. The highest BCUT2D eigenvalue weighted by molar-refractivity contribution is 7.13. The Labute approximate surface area is 201 Å². The molecule has 34 heavy (non-hydrogen) atoms. The first-order valence-electron chi connectivity index (χ1n) is 10.7. The molecule has 0 aliphatic carbocycles. The van der Waals surface area contributed by atoms with Crippen molar-refractivity contribution in [3.63, 3.8) is 0 Å². The molecule has 2 aromatic carbocycles. The molecule has 0 saturated heterocycles. The average molecular weight is 479 g/mol. The predicted octanol–water partition coefficient (Wildman–Crippen LogP) is 5.37. The molecule has 1 N–H and O–H groups in total. The number of thiazole rings is 1. The van der Waals surface area contributed by atoms with Crippen molar-refractivity contribution >= 4 is 33.3 Å². The van der Waals surface area contributed by atoms with Crippen molar-refractivity contribution in [3.05, 3.63) is 59.4 Å². The number of carbonyl (C=O) groups excluding carboxylic acids is 1. The van der Waals surface area contributed by atoms with Gasteiger partial charge in [0.15, 0.2) is 16.6 Å². The molecule has 4 rings (SSSR count). The SMILES string of the molecule is COc1cc2ncnc(Oc3ccc(CC(=O)Nc4nc(C(C)(C)C)cs4)cc3)c2cc1OC. The van der Waals surface area contributed by atoms with Crippen molar-refractivity contribution in [2.45, 2.75) is 32.6 Å². The third kappa shape index (κ3) is 5.26. The van der Waals surface area contributed by atoms with Crippen LogP contribution in [0.3, 0.4) is 0 Å². The Kier molecular flexibility index (Phi) is 6.65. The van der Waals surface area contributed by atoms with Crippen molar-refractivity contribution in [1.82, 2.24) is 15.0 Å². The molecule has 0 atom stereocenters. The summed E-state index contributed by atoms with van der Waals surface area (Å²) in [5.74, 6) is 2.01. The summed E-state index contributed by atoms with van der Waals surface area (Å²) in [7, 11) is 3.14. The van der Waals surface area contributed by atoms with Crippen molar-refractivity contribution < 1.29 is 19.0 Å². The number of nitrogens with zero attached hydrogens (tertiary/aromatic N) is 3.